The third-order valence-corrected chi connectivity index (χ3v) is 9.54. The number of phenols is 1. The normalized spacial score (nSPS) is 12.2. The van der Waals surface area contributed by atoms with Crippen LogP contribution >= 0.6 is 0 Å². The summed E-state index contributed by atoms with van der Waals surface area (Å²) in [5, 5.41) is 24.1. The zero-order valence-electron chi connectivity index (χ0n) is 30.4. The highest BCUT2D eigenvalue weighted by Gasteiger charge is 2.26. The number of nitrogens with zero attached hydrogens (tertiary/aromatic N) is 3. The van der Waals surface area contributed by atoms with E-state index in [1.165, 1.54) is 11.1 Å². The lowest BCUT2D eigenvalue weighted by Gasteiger charge is -2.30. The van der Waals surface area contributed by atoms with Gasteiger partial charge >= 0.3 is 0 Å². The monoisotopic (exact) mass is 664 g/mol. The molecule has 0 atom stereocenters. The van der Waals surface area contributed by atoms with Crippen LogP contribution < -0.4 is 10.1 Å². The van der Waals surface area contributed by atoms with Crippen LogP contribution in [-0.4, -0.2) is 55.5 Å². The number of likely N-dealkylation sites (N-methyl/N-ethyl adjacent to an activating group) is 1. The minimum atomic E-state index is -0.400. The molecular formula is C41H52N4O4. The third-order valence-electron chi connectivity index (χ3n) is 9.54. The van der Waals surface area contributed by atoms with Gasteiger partial charge in [-0.2, -0.15) is 0 Å². The zero-order valence-corrected chi connectivity index (χ0v) is 30.4. The molecule has 0 bridgehead atoms. The Morgan fingerprint density at radius 2 is 1.45 bits per heavy atom. The number of rotatable bonds is 16. The van der Waals surface area contributed by atoms with E-state index in [9.17, 15) is 14.7 Å². The highest BCUT2D eigenvalue weighted by atomic mass is 16.5. The highest BCUT2D eigenvalue weighted by molar-refractivity contribution is 6.07. The van der Waals surface area contributed by atoms with E-state index in [2.05, 4.69) is 75.3 Å². The number of hydrogen-bond acceptors (Lipinski definition) is 7. The molecule has 1 amide bonds. The van der Waals surface area contributed by atoms with Gasteiger partial charge in [0, 0.05) is 28.4 Å². The predicted octanol–water partition coefficient (Wildman–Crippen LogP) is 9.67. The fourth-order valence-electron chi connectivity index (χ4n) is 5.58. The van der Waals surface area contributed by atoms with Crippen molar-refractivity contribution < 1.29 is 19.4 Å². The van der Waals surface area contributed by atoms with Gasteiger partial charge in [0.25, 0.3) is 5.91 Å². The number of nitrogens with one attached hydrogen (secondary N) is 1. The van der Waals surface area contributed by atoms with Gasteiger partial charge in [-0.05, 0) is 80.4 Å². The fourth-order valence-corrected chi connectivity index (χ4v) is 5.58. The summed E-state index contributed by atoms with van der Waals surface area (Å²) in [5.74, 6) is 0.333. The van der Waals surface area contributed by atoms with E-state index in [1.54, 1.807) is 47.4 Å². The Balaban J connectivity index is 1.44. The molecule has 49 heavy (non-hydrogen) atoms. The number of ether oxygens (including phenoxy) is 1. The van der Waals surface area contributed by atoms with E-state index in [0.29, 0.717) is 47.3 Å². The molecule has 0 aliphatic heterocycles. The second kappa shape index (κ2) is 16.2. The maximum absolute atomic E-state index is 13.3. The molecule has 260 valence electrons. The Bertz CT molecular complexity index is 1810. The van der Waals surface area contributed by atoms with Crippen molar-refractivity contribution in [3.63, 3.8) is 0 Å². The van der Waals surface area contributed by atoms with Crippen molar-refractivity contribution in [1.82, 2.24) is 10.2 Å². The Morgan fingerprint density at radius 3 is 2.14 bits per heavy atom. The Hall–Kier alpha value is -4.56. The quantitative estimate of drug-likeness (QED) is 0.0705. The van der Waals surface area contributed by atoms with E-state index < -0.39 is 5.91 Å². The van der Waals surface area contributed by atoms with Crippen LogP contribution in [0.2, 0.25) is 0 Å². The van der Waals surface area contributed by atoms with Crippen LogP contribution in [0.3, 0.4) is 0 Å². The fraction of sp³-hybridized carbons (Fsp3) is 0.415. The van der Waals surface area contributed by atoms with E-state index in [-0.39, 0.29) is 34.5 Å². The largest absolute Gasteiger partial charge is 0.506 e. The molecule has 4 rings (SSSR count). The molecule has 0 radical (unpaired) electrons. The molecule has 0 aliphatic carbocycles. The second-order valence-corrected chi connectivity index (χ2v) is 14.2. The Labute approximate surface area is 291 Å². The number of ketones is 1. The molecule has 4 aromatic carbocycles. The number of phenolic OH excluding ortho intramolecular Hbond substituents is 1. The molecule has 8 nitrogen and oxygen atoms in total. The SMILES string of the molecule is CCC(C)(C)c1ccc(OCCCCNC(=O)c2cc(N=Nc3ccccc3C(=O)CN(C)C)c3ccccc3c2O)c(C(C)(C)CC)c1. The molecule has 0 heterocycles. The van der Waals surface area contributed by atoms with Gasteiger partial charge in [0.15, 0.2) is 5.78 Å². The number of azo groups is 1. The third kappa shape index (κ3) is 9.12. The number of hydrogen-bond donors (Lipinski definition) is 2. The van der Waals surface area contributed by atoms with Gasteiger partial charge in [-0.3, -0.25) is 9.59 Å². The highest BCUT2D eigenvalue weighted by Crippen LogP contribution is 2.39. The van der Waals surface area contributed by atoms with Crippen molar-refractivity contribution in [3.05, 3.63) is 95.1 Å². The van der Waals surface area contributed by atoms with Gasteiger partial charge < -0.3 is 20.1 Å². The van der Waals surface area contributed by atoms with Crippen molar-refractivity contribution >= 4 is 33.8 Å². The van der Waals surface area contributed by atoms with Gasteiger partial charge in [0.05, 0.1) is 30.1 Å². The number of unbranched alkanes of at least 4 members (excludes halogenated alkanes) is 1. The van der Waals surface area contributed by atoms with Crippen LogP contribution in [0.25, 0.3) is 10.8 Å². The topological polar surface area (TPSA) is 104 Å². The number of fused-ring (bicyclic) bond motifs is 1. The average Bonchev–Trinajstić information content (AvgIpc) is 3.09. The van der Waals surface area contributed by atoms with E-state index in [1.807, 2.05) is 26.2 Å². The standard InChI is InChI=1S/C41H52N4O4/c1-9-40(3,4)28-21-22-37(33(25-28)41(5,6)10-2)49-24-16-15-23-42-39(48)32-26-35(29-17-11-12-18-30(29)38(32)47)44-43-34-20-14-13-19-31(34)36(46)27-45(7)8/h11-14,17-22,25-26,47H,9-10,15-16,23-24,27H2,1-8H3,(H,42,48). The molecule has 4 aromatic rings. The minimum Gasteiger partial charge on any atom is -0.506 e. The first-order valence-electron chi connectivity index (χ1n) is 17.3. The summed E-state index contributed by atoms with van der Waals surface area (Å²) >= 11 is 0. The maximum Gasteiger partial charge on any atom is 0.255 e. The number of benzene rings is 4. The van der Waals surface area contributed by atoms with E-state index in [4.69, 9.17) is 4.74 Å². The smallest absolute Gasteiger partial charge is 0.255 e. The maximum atomic E-state index is 13.3. The summed E-state index contributed by atoms with van der Waals surface area (Å²) in [4.78, 5) is 28.0. The lowest BCUT2D eigenvalue weighted by Crippen LogP contribution is -2.25. The molecule has 0 aliphatic rings. The molecule has 0 saturated carbocycles. The van der Waals surface area contributed by atoms with Crippen LogP contribution in [0.15, 0.2) is 83.0 Å². The predicted molar refractivity (Wildman–Crippen MR) is 199 cm³/mol. The molecule has 0 unspecified atom stereocenters. The molecule has 0 spiro atoms. The van der Waals surface area contributed by atoms with Crippen LogP contribution in [0.4, 0.5) is 11.4 Å². The average molecular weight is 665 g/mol. The van der Waals surface area contributed by atoms with Gasteiger partial charge in [0.1, 0.15) is 11.5 Å². The summed E-state index contributed by atoms with van der Waals surface area (Å²) in [6, 6.07) is 22.4. The molecule has 0 saturated heterocycles. The van der Waals surface area contributed by atoms with Crippen molar-refractivity contribution in [2.45, 2.75) is 78.1 Å². The van der Waals surface area contributed by atoms with Crippen LogP contribution in [0, 0.1) is 0 Å². The lowest BCUT2D eigenvalue weighted by molar-refractivity contribution is 0.0945. The number of aromatic hydroxyl groups is 1. The number of carbonyl (C=O) groups excluding carboxylic acids is 2. The molecular weight excluding hydrogens is 612 g/mol. The summed E-state index contributed by atoms with van der Waals surface area (Å²) in [6.07, 6.45) is 3.52. The summed E-state index contributed by atoms with van der Waals surface area (Å²) in [7, 11) is 3.67. The van der Waals surface area contributed by atoms with Crippen LogP contribution in [0.5, 0.6) is 11.5 Å². The van der Waals surface area contributed by atoms with Gasteiger partial charge in [-0.1, -0.05) is 90.1 Å². The van der Waals surface area contributed by atoms with Gasteiger partial charge in [0.2, 0.25) is 0 Å². The number of carbonyl (C=O) groups is 2. The van der Waals surface area contributed by atoms with Gasteiger partial charge in [-0.25, -0.2) is 0 Å². The number of amides is 1. The van der Waals surface area contributed by atoms with Crippen molar-refractivity contribution in [2.24, 2.45) is 10.2 Å². The first-order valence-corrected chi connectivity index (χ1v) is 17.3. The summed E-state index contributed by atoms with van der Waals surface area (Å²) in [5.41, 5.74) is 4.06. The van der Waals surface area contributed by atoms with Crippen LogP contribution in [-0.2, 0) is 10.8 Å². The molecule has 0 aromatic heterocycles. The number of Topliss-reactive ketones (excluding diaryl/α,β-unsaturated/α-hetero) is 1. The zero-order chi connectivity index (χ0) is 35.8. The first-order chi connectivity index (χ1) is 23.3. The van der Waals surface area contributed by atoms with Gasteiger partial charge in [-0.15, -0.1) is 10.2 Å². The Morgan fingerprint density at radius 1 is 0.796 bits per heavy atom. The first kappa shape index (κ1) is 37.3. The molecule has 0 fully saturated rings. The van der Waals surface area contributed by atoms with E-state index in [0.717, 1.165) is 25.0 Å². The van der Waals surface area contributed by atoms with E-state index >= 15 is 0 Å². The van der Waals surface area contributed by atoms with Crippen LogP contribution in [0.1, 0.15) is 99.1 Å². The Kier molecular flexibility index (Phi) is 12.3. The second-order valence-electron chi connectivity index (χ2n) is 14.2. The lowest BCUT2D eigenvalue weighted by atomic mass is 9.76. The minimum absolute atomic E-state index is 0.0176. The summed E-state index contributed by atoms with van der Waals surface area (Å²) < 4.78 is 6.31. The molecule has 2 N–H and O–H groups in total. The molecule has 8 heteroatoms. The van der Waals surface area contributed by atoms with Crippen molar-refractivity contribution in [3.8, 4) is 11.5 Å². The van der Waals surface area contributed by atoms with Crippen molar-refractivity contribution in [2.75, 3.05) is 33.8 Å². The summed E-state index contributed by atoms with van der Waals surface area (Å²) in [6.45, 7) is 14.7. The van der Waals surface area contributed by atoms with Crippen molar-refractivity contribution in [1.29, 1.82) is 0 Å².